The number of para-hydroxylation sites is 1. The number of anilines is 1. The van der Waals surface area contributed by atoms with Crippen LogP contribution in [0, 0.1) is 0 Å². The lowest BCUT2D eigenvalue weighted by Gasteiger charge is -2.06. The van der Waals surface area contributed by atoms with Crippen molar-refractivity contribution >= 4 is 40.6 Å². The van der Waals surface area contributed by atoms with E-state index in [0.29, 0.717) is 21.5 Å². The predicted molar refractivity (Wildman–Crippen MR) is 114 cm³/mol. The van der Waals surface area contributed by atoms with Crippen LogP contribution >= 0.6 is 23.4 Å². The van der Waals surface area contributed by atoms with Gasteiger partial charge in [0, 0.05) is 5.56 Å². The molecule has 2 aromatic carbocycles. The van der Waals surface area contributed by atoms with E-state index in [1.165, 1.54) is 11.8 Å². The molecule has 0 fully saturated rings. The van der Waals surface area contributed by atoms with Crippen LogP contribution in [0.25, 0.3) is 16.9 Å². The molecule has 0 saturated heterocycles. The number of nitrogens with zero attached hydrogens (tertiary/aromatic N) is 4. The van der Waals surface area contributed by atoms with Crippen molar-refractivity contribution in [2.45, 2.75) is 5.16 Å². The molecule has 7 nitrogen and oxygen atoms in total. The number of hydrogen-bond acceptors (Lipinski definition) is 6. The van der Waals surface area contributed by atoms with Gasteiger partial charge in [0.05, 0.1) is 29.3 Å². The summed E-state index contributed by atoms with van der Waals surface area (Å²) in [4.78, 5) is 12.3. The van der Waals surface area contributed by atoms with Gasteiger partial charge in [-0.05, 0) is 48.5 Å². The monoisotopic (exact) mass is 425 g/mol. The highest BCUT2D eigenvalue weighted by molar-refractivity contribution is 7.99. The number of amides is 1. The number of thioether (sulfide) groups is 1. The molecule has 2 heterocycles. The first kappa shape index (κ1) is 19.2. The van der Waals surface area contributed by atoms with E-state index < -0.39 is 0 Å². The highest BCUT2D eigenvalue weighted by atomic mass is 35.5. The molecule has 146 valence electrons. The molecule has 2 aromatic heterocycles. The standard InChI is InChI=1S/C20H16ClN5O2S/c1-28-14-8-6-13(7-9-14)16-10-11-18-23-24-20(26(18)25-16)29-12-19(27)22-17-5-3-2-4-15(17)21/h2-11H,12H2,1H3,(H,22,27). The van der Waals surface area contributed by atoms with Gasteiger partial charge in [0.2, 0.25) is 11.1 Å². The smallest absolute Gasteiger partial charge is 0.234 e. The summed E-state index contributed by atoms with van der Waals surface area (Å²) in [7, 11) is 1.63. The first-order chi connectivity index (χ1) is 14.1. The molecule has 0 spiro atoms. The van der Waals surface area contributed by atoms with E-state index in [1.54, 1.807) is 29.8 Å². The van der Waals surface area contributed by atoms with Crippen molar-refractivity contribution in [2.24, 2.45) is 0 Å². The number of rotatable bonds is 6. The lowest BCUT2D eigenvalue weighted by molar-refractivity contribution is -0.113. The van der Waals surface area contributed by atoms with Gasteiger partial charge in [-0.15, -0.1) is 10.2 Å². The molecule has 1 N–H and O–H groups in total. The highest BCUT2D eigenvalue weighted by Gasteiger charge is 2.12. The molecule has 0 aliphatic heterocycles. The van der Waals surface area contributed by atoms with E-state index in [1.807, 2.05) is 42.5 Å². The average molecular weight is 426 g/mol. The molecule has 1 amide bonds. The average Bonchev–Trinajstić information content (AvgIpc) is 3.16. The Morgan fingerprint density at radius 1 is 1.10 bits per heavy atom. The Balaban J connectivity index is 1.50. The van der Waals surface area contributed by atoms with E-state index in [9.17, 15) is 4.79 Å². The number of aromatic nitrogens is 4. The number of benzene rings is 2. The molecule has 0 aliphatic carbocycles. The maximum absolute atomic E-state index is 12.3. The SMILES string of the molecule is COc1ccc(-c2ccc3nnc(SCC(=O)Nc4ccccc4Cl)n3n2)cc1. The fraction of sp³-hybridized carbons (Fsp3) is 0.100. The minimum absolute atomic E-state index is 0.153. The van der Waals surface area contributed by atoms with Crippen molar-refractivity contribution in [1.82, 2.24) is 19.8 Å². The molecular weight excluding hydrogens is 410 g/mol. The van der Waals surface area contributed by atoms with Crippen LogP contribution in [0.1, 0.15) is 0 Å². The summed E-state index contributed by atoms with van der Waals surface area (Å²) in [6.45, 7) is 0. The second-order valence-corrected chi connectivity index (χ2v) is 7.37. The summed E-state index contributed by atoms with van der Waals surface area (Å²) in [6.07, 6.45) is 0. The van der Waals surface area contributed by atoms with Crippen molar-refractivity contribution in [3.63, 3.8) is 0 Å². The first-order valence-electron chi connectivity index (χ1n) is 8.68. The van der Waals surface area contributed by atoms with Gasteiger partial charge in [-0.1, -0.05) is 35.5 Å². The van der Waals surface area contributed by atoms with Gasteiger partial charge in [0.1, 0.15) is 5.75 Å². The molecule has 0 saturated carbocycles. The summed E-state index contributed by atoms with van der Waals surface area (Å²) in [5.41, 5.74) is 2.89. The van der Waals surface area contributed by atoms with Gasteiger partial charge in [-0.25, -0.2) is 0 Å². The summed E-state index contributed by atoms with van der Waals surface area (Å²) >= 11 is 7.33. The Bertz CT molecular complexity index is 1160. The topological polar surface area (TPSA) is 81.4 Å². The first-order valence-corrected chi connectivity index (χ1v) is 10.0. The zero-order valence-corrected chi connectivity index (χ0v) is 16.9. The van der Waals surface area contributed by atoms with E-state index in [2.05, 4.69) is 20.6 Å². The molecule has 0 unspecified atom stereocenters. The fourth-order valence-electron chi connectivity index (χ4n) is 2.65. The number of nitrogens with one attached hydrogen (secondary N) is 1. The largest absolute Gasteiger partial charge is 0.497 e. The minimum atomic E-state index is -0.189. The van der Waals surface area contributed by atoms with Crippen LogP contribution in [-0.4, -0.2) is 38.6 Å². The third-order valence-corrected chi connectivity index (χ3v) is 5.35. The Labute approximate surface area is 176 Å². The van der Waals surface area contributed by atoms with Crippen LogP contribution < -0.4 is 10.1 Å². The molecule has 0 atom stereocenters. The Hall–Kier alpha value is -3.10. The van der Waals surface area contributed by atoms with E-state index in [4.69, 9.17) is 16.3 Å². The number of halogens is 1. The number of hydrogen-bond donors (Lipinski definition) is 1. The second kappa shape index (κ2) is 8.50. The minimum Gasteiger partial charge on any atom is -0.497 e. The van der Waals surface area contributed by atoms with E-state index in [-0.39, 0.29) is 11.7 Å². The zero-order chi connectivity index (χ0) is 20.2. The van der Waals surface area contributed by atoms with Crippen molar-refractivity contribution in [3.05, 3.63) is 65.7 Å². The van der Waals surface area contributed by atoms with Crippen molar-refractivity contribution in [3.8, 4) is 17.0 Å². The maximum atomic E-state index is 12.3. The molecule has 0 aliphatic rings. The molecule has 29 heavy (non-hydrogen) atoms. The van der Waals surface area contributed by atoms with Gasteiger partial charge >= 0.3 is 0 Å². The van der Waals surface area contributed by atoms with Crippen LogP contribution in [0.5, 0.6) is 5.75 Å². The van der Waals surface area contributed by atoms with Gasteiger partial charge < -0.3 is 10.1 Å². The van der Waals surface area contributed by atoms with Crippen LogP contribution in [0.15, 0.2) is 65.8 Å². The fourth-order valence-corrected chi connectivity index (χ4v) is 3.52. The molecular formula is C20H16ClN5O2S. The van der Waals surface area contributed by atoms with Gasteiger partial charge in [0.15, 0.2) is 5.65 Å². The molecule has 0 radical (unpaired) electrons. The normalized spacial score (nSPS) is 10.8. The van der Waals surface area contributed by atoms with Gasteiger partial charge in [-0.2, -0.15) is 9.61 Å². The van der Waals surface area contributed by atoms with E-state index in [0.717, 1.165) is 17.0 Å². The Morgan fingerprint density at radius 2 is 1.90 bits per heavy atom. The Morgan fingerprint density at radius 3 is 2.66 bits per heavy atom. The molecule has 9 heteroatoms. The van der Waals surface area contributed by atoms with Crippen LogP contribution in [0.2, 0.25) is 5.02 Å². The van der Waals surface area contributed by atoms with Crippen LogP contribution in [0.3, 0.4) is 0 Å². The van der Waals surface area contributed by atoms with Crippen molar-refractivity contribution < 1.29 is 9.53 Å². The summed E-state index contributed by atoms with van der Waals surface area (Å²) in [6, 6.07) is 18.4. The van der Waals surface area contributed by atoms with Gasteiger partial charge in [-0.3, -0.25) is 4.79 Å². The number of carbonyl (C=O) groups is 1. The maximum Gasteiger partial charge on any atom is 0.234 e. The summed E-state index contributed by atoms with van der Waals surface area (Å²) < 4.78 is 6.82. The quantitative estimate of drug-likeness (QED) is 0.466. The zero-order valence-electron chi connectivity index (χ0n) is 15.4. The predicted octanol–water partition coefficient (Wildman–Crippen LogP) is 4.18. The lowest BCUT2D eigenvalue weighted by atomic mass is 10.1. The van der Waals surface area contributed by atoms with E-state index >= 15 is 0 Å². The van der Waals surface area contributed by atoms with Crippen LogP contribution in [-0.2, 0) is 4.79 Å². The summed E-state index contributed by atoms with van der Waals surface area (Å²) in [5.74, 6) is 0.742. The number of ether oxygens (including phenoxy) is 1. The molecule has 4 rings (SSSR count). The third-order valence-electron chi connectivity index (χ3n) is 4.10. The lowest BCUT2D eigenvalue weighted by Crippen LogP contribution is -2.14. The second-order valence-electron chi connectivity index (χ2n) is 6.02. The van der Waals surface area contributed by atoms with Crippen molar-refractivity contribution in [1.29, 1.82) is 0 Å². The summed E-state index contributed by atoms with van der Waals surface area (Å²) in [5, 5.41) is 16.7. The number of fused-ring (bicyclic) bond motifs is 1. The number of carbonyl (C=O) groups excluding carboxylic acids is 1. The molecule has 4 aromatic rings. The van der Waals surface area contributed by atoms with Crippen LogP contribution in [0.4, 0.5) is 5.69 Å². The Kier molecular flexibility index (Phi) is 5.64. The van der Waals surface area contributed by atoms with Crippen molar-refractivity contribution in [2.75, 3.05) is 18.2 Å². The highest BCUT2D eigenvalue weighted by Crippen LogP contribution is 2.24. The number of methoxy groups -OCH3 is 1. The third kappa shape index (κ3) is 4.33. The van der Waals surface area contributed by atoms with Gasteiger partial charge in [0.25, 0.3) is 0 Å². The molecule has 0 bridgehead atoms.